The van der Waals surface area contributed by atoms with E-state index in [4.69, 9.17) is 4.74 Å². The van der Waals surface area contributed by atoms with Gasteiger partial charge in [-0.25, -0.2) is 4.79 Å². The van der Waals surface area contributed by atoms with Crippen LogP contribution in [0.2, 0.25) is 0 Å². The minimum atomic E-state index is -0.372. The highest BCUT2D eigenvalue weighted by atomic mass is 79.9. The lowest BCUT2D eigenvalue weighted by molar-refractivity contribution is -0.130. The summed E-state index contributed by atoms with van der Waals surface area (Å²) in [7, 11) is 0. The number of rotatable bonds is 5. The molecule has 0 aliphatic heterocycles. The Hall–Kier alpha value is -0.610. The van der Waals surface area contributed by atoms with Crippen LogP contribution in [-0.2, 0) is 4.79 Å². The molecule has 0 bridgehead atoms. The minimum absolute atomic E-state index is 0.163. The van der Waals surface area contributed by atoms with E-state index in [-0.39, 0.29) is 15.6 Å². The van der Waals surface area contributed by atoms with Crippen molar-refractivity contribution in [2.45, 2.75) is 17.1 Å². The van der Waals surface area contributed by atoms with Gasteiger partial charge >= 0.3 is 5.97 Å². The summed E-state index contributed by atoms with van der Waals surface area (Å²) < 4.78 is 5.35. The molecule has 0 saturated carbocycles. The Kier molecular flexibility index (Phi) is 5.92. The van der Waals surface area contributed by atoms with Crippen LogP contribution >= 0.6 is 31.9 Å². The summed E-state index contributed by atoms with van der Waals surface area (Å²) in [6, 6.07) is 9.00. The first-order valence-corrected chi connectivity index (χ1v) is 7.07. The molecule has 0 N–H and O–H groups in total. The van der Waals surface area contributed by atoms with E-state index in [9.17, 15) is 4.79 Å². The van der Waals surface area contributed by atoms with E-state index in [1.807, 2.05) is 25.1 Å². The molecule has 4 heteroatoms. The highest BCUT2D eigenvalue weighted by Gasteiger charge is 2.17. The highest BCUT2D eigenvalue weighted by Crippen LogP contribution is 2.25. The van der Waals surface area contributed by atoms with Gasteiger partial charge in [0.1, 0.15) is 5.75 Å². The standard InChI is InChI=1S/C13H14Br2O2/c1-9(12(14)15)8-10(2)13(16)17-11-6-4-3-5-7-11/h3-7,9,12H,2,8H2,1H3. The van der Waals surface area contributed by atoms with Crippen molar-refractivity contribution in [2.75, 3.05) is 0 Å². The summed E-state index contributed by atoms with van der Waals surface area (Å²) in [6.45, 7) is 5.78. The van der Waals surface area contributed by atoms with Crippen molar-refractivity contribution in [3.05, 3.63) is 42.5 Å². The van der Waals surface area contributed by atoms with Gasteiger partial charge in [-0.05, 0) is 24.5 Å². The van der Waals surface area contributed by atoms with Crippen LogP contribution < -0.4 is 4.74 Å². The zero-order chi connectivity index (χ0) is 12.8. The Bertz CT molecular complexity index is 388. The van der Waals surface area contributed by atoms with Crippen molar-refractivity contribution in [1.82, 2.24) is 0 Å². The fourth-order valence-corrected chi connectivity index (χ4v) is 1.60. The number of ether oxygens (including phenoxy) is 1. The van der Waals surface area contributed by atoms with Gasteiger partial charge in [0, 0.05) is 5.57 Å². The Morgan fingerprint density at radius 1 is 1.35 bits per heavy atom. The Morgan fingerprint density at radius 2 is 1.94 bits per heavy atom. The number of alkyl halides is 2. The van der Waals surface area contributed by atoms with Gasteiger partial charge in [0.2, 0.25) is 0 Å². The monoisotopic (exact) mass is 360 g/mol. The number of benzene rings is 1. The first-order valence-electron chi connectivity index (χ1n) is 5.24. The van der Waals surface area contributed by atoms with Crippen LogP contribution in [0, 0.1) is 5.92 Å². The number of carbonyl (C=O) groups excluding carboxylic acids is 1. The number of hydrogen-bond acceptors (Lipinski definition) is 2. The maximum atomic E-state index is 11.7. The first-order chi connectivity index (χ1) is 8.00. The topological polar surface area (TPSA) is 26.3 Å². The summed E-state index contributed by atoms with van der Waals surface area (Å²) in [5.74, 6) is 0.440. The third kappa shape index (κ3) is 5.04. The van der Waals surface area contributed by atoms with Crippen molar-refractivity contribution >= 4 is 37.8 Å². The molecule has 17 heavy (non-hydrogen) atoms. The van der Waals surface area contributed by atoms with Gasteiger partial charge in [-0.2, -0.15) is 0 Å². The van der Waals surface area contributed by atoms with E-state index in [0.717, 1.165) is 0 Å². The number of hydrogen-bond donors (Lipinski definition) is 0. The molecule has 1 atom stereocenters. The Balaban J connectivity index is 2.51. The average Bonchev–Trinajstić information content (AvgIpc) is 2.29. The predicted molar refractivity (Wildman–Crippen MR) is 76.6 cm³/mol. The molecule has 0 spiro atoms. The second-order valence-electron chi connectivity index (χ2n) is 3.82. The fourth-order valence-electron chi connectivity index (χ4n) is 1.23. The molecule has 0 aliphatic carbocycles. The van der Waals surface area contributed by atoms with Gasteiger partial charge in [0.15, 0.2) is 0 Å². The van der Waals surface area contributed by atoms with Gasteiger partial charge < -0.3 is 4.74 Å². The van der Waals surface area contributed by atoms with E-state index in [2.05, 4.69) is 38.4 Å². The molecule has 0 saturated heterocycles. The van der Waals surface area contributed by atoms with Crippen LogP contribution in [0.15, 0.2) is 42.5 Å². The maximum absolute atomic E-state index is 11.7. The predicted octanol–water partition coefficient (Wildman–Crippen LogP) is 4.29. The van der Waals surface area contributed by atoms with E-state index >= 15 is 0 Å². The van der Waals surface area contributed by atoms with Crippen molar-refractivity contribution in [3.8, 4) is 5.75 Å². The molecule has 0 amide bonds. The molecule has 1 rings (SSSR count). The van der Waals surface area contributed by atoms with Crippen LogP contribution in [0.25, 0.3) is 0 Å². The molecule has 1 aromatic carbocycles. The van der Waals surface area contributed by atoms with Crippen molar-refractivity contribution in [3.63, 3.8) is 0 Å². The van der Waals surface area contributed by atoms with Crippen LogP contribution in [0.5, 0.6) is 5.75 Å². The third-order valence-electron chi connectivity index (χ3n) is 2.24. The van der Waals surface area contributed by atoms with Gasteiger partial charge in [0.05, 0.1) is 3.74 Å². The number of para-hydroxylation sites is 1. The maximum Gasteiger partial charge on any atom is 0.338 e. The molecule has 2 nitrogen and oxygen atoms in total. The van der Waals surface area contributed by atoms with Crippen molar-refractivity contribution in [1.29, 1.82) is 0 Å². The summed E-state index contributed by atoms with van der Waals surface area (Å²) in [5.41, 5.74) is 0.477. The van der Waals surface area contributed by atoms with Crippen LogP contribution in [0.1, 0.15) is 13.3 Å². The largest absolute Gasteiger partial charge is 0.423 e. The zero-order valence-electron chi connectivity index (χ0n) is 9.53. The number of esters is 1. The van der Waals surface area contributed by atoms with Gasteiger partial charge in [-0.3, -0.25) is 0 Å². The molecule has 0 radical (unpaired) electrons. The molecule has 0 aromatic heterocycles. The van der Waals surface area contributed by atoms with E-state index in [1.54, 1.807) is 12.1 Å². The SMILES string of the molecule is C=C(CC(C)C(Br)Br)C(=O)Oc1ccccc1. The van der Waals surface area contributed by atoms with Crippen LogP contribution in [0.3, 0.4) is 0 Å². The van der Waals surface area contributed by atoms with Crippen LogP contribution in [0.4, 0.5) is 0 Å². The van der Waals surface area contributed by atoms with E-state index in [0.29, 0.717) is 17.7 Å². The Labute approximate surface area is 118 Å². The molecule has 92 valence electrons. The lowest BCUT2D eigenvalue weighted by Gasteiger charge is -2.13. The normalized spacial score (nSPS) is 12.2. The average molecular weight is 362 g/mol. The first kappa shape index (κ1) is 14.5. The van der Waals surface area contributed by atoms with Gasteiger partial charge in [0.25, 0.3) is 0 Å². The summed E-state index contributed by atoms with van der Waals surface area (Å²) >= 11 is 6.82. The molecule has 1 unspecified atom stereocenters. The van der Waals surface area contributed by atoms with Gasteiger partial charge in [-0.1, -0.05) is 63.6 Å². The number of carbonyl (C=O) groups is 1. The third-order valence-corrected chi connectivity index (χ3v) is 4.05. The van der Waals surface area contributed by atoms with E-state index < -0.39 is 0 Å². The molecule has 0 aliphatic rings. The van der Waals surface area contributed by atoms with Gasteiger partial charge in [-0.15, -0.1) is 0 Å². The quantitative estimate of drug-likeness (QED) is 0.338. The summed E-state index contributed by atoms with van der Waals surface area (Å²) in [4.78, 5) is 11.7. The second kappa shape index (κ2) is 6.97. The van der Waals surface area contributed by atoms with Crippen molar-refractivity contribution in [2.24, 2.45) is 5.92 Å². The summed E-state index contributed by atoms with van der Waals surface area (Å²) in [6.07, 6.45) is 0.590. The van der Waals surface area contributed by atoms with Crippen LogP contribution in [-0.4, -0.2) is 9.71 Å². The smallest absolute Gasteiger partial charge is 0.338 e. The van der Waals surface area contributed by atoms with Crippen molar-refractivity contribution < 1.29 is 9.53 Å². The molecule has 1 aromatic rings. The zero-order valence-corrected chi connectivity index (χ0v) is 12.7. The second-order valence-corrected chi connectivity index (χ2v) is 7.02. The fraction of sp³-hybridized carbons (Fsp3) is 0.308. The molecule has 0 fully saturated rings. The number of halogens is 2. The highest BCUT2D eigenvalue weighted by molar-refractivity contribution is 9.24. The Morgan fingerprint density at radius 3 is 2.47 bits per heavy atom. The minimum Gasteiger partial charge on any atom is -0.423 e. The molecular weight excluding hydrogens is 348 g/mol. The lowest BCUT2D eigenvalue weighted by atomic mass is 10.0. The van der Waals surface area contributed by atoms with E-state index in [1.165, 1.54) is 0 Å². The molecule has 0 heterocycles. The molecular formula is C13H14Br2O2. The lowest BCUT2D eigenvalue weighted by Crippen LogP contribution is -2.14. The summed E-state index contributed by atoms with van der Waals surface area (Å²) in [5, 5.41) is 0.